The number of aryl methyl sites for hydroxylation is 2. The fourth-order valence-corrected chi connectivity index (χ4v) is 2.97. The van der Waals surface area contributed by atoms with Gasteiger partial charge in [0, 0.05) is 5.69 Å². The van der Waals surface area contributed by atoms with Crippen LogP contribution in [0.1, 0.15) is 43.7 Å². The third kappa shape index (κ3) is 4.45. The molecule has 1 N–H and O–H groups in total. The Hall–Kier alpha value is -1.06. The molecule has 1 aliphatic rings. The summed E-state index contributed by atoms with van der Waals surface area (Å²) in [4.78, 5) is 14.9. The van der Waals surface area contributed by atoms with E-state index in [2.05, 4.69) is 17.1 Å². The van der Waals surface area contributed by atoms with Gasteiger partial charge in [0.25, 0.3) is 0 Å². The van der Waals surface area contributed by atoms with Crippen molar-refractivity contribution in [3.05, 3.63) is 29.3 Å². The van der Waals surface area contributed by atoms with Gasteiger partial charge in [-0.05, 0) is 57.3 Å². The van der Waals surface area contributed by atoms with Crippen molar-refractivity contribution in [2.45, 2.75) is 52.5 Å². The zero-order valence-corrected chi connectivity index (χ0v) is 14.1. The molecule has 4 heteroatoms. The van der Waals surface area contributed by atoms with Crippen LogP contribution in [0.4, 0.5) is 5.69 Å². The standard InChI is InChI=1S/C17H26N2O.ClH/c1-4-5-11-19-12-7-10-15(19)17(20)18-16-13(2)8-6-9-14(16)3;/h6,8-9,15H,4-5,7,10-12H2,1-3H3,(H,18,20);1H. The van der Waals surface area contributed by atoms with Crippen LogP contribution in [0.5, 0.6) is 0 Å². The van der Waals surface area contributed by atoms with E-state index in [1.54, 1.807) is 0 Å². The summed E-state index contributed by atoms with van der Waals surface area (Å²) in [6.45, 7) is 8.40. The molecule has 0 radical (unpaired) electrons. The first-order chi connectivity index (χ1) is 9.63. The van der Waals surface area contributed by atoms with Gasteiger partial charge in [0.1, 0.15) is 0 Å². The molecule has 1 atom stereocenters. The van der Waals surface area contributed by atoms with Crippen LogP contribution in [-0.2, 0) is 4.79 Å². The minimum absolute atomic E-state index is 0. The Morgan fingerprint density at radius 2 is 2.00 bits per heavy atom. The number of unbranched alkanes of at least 4 members (excludes halogenated alkanes) is 1. The van der Waals surface area contributed by atoms with Crippen molar-refractivity contribution in [1.82, 2.24) is 4.90 Å². The van der Waals surface area contributed by atoms with Gasteiger partial charge >= 0.3 is 0 Å². The Morgan fingerprint density at radius 3 is 2.62 bits per heavy atom. The van der Waals surface area contributed by atoms with Crippen LogP contribution < -0.4 is 5.32 Å². The molecule has 1 saturated heterocycles. The van der Waals surface area contributed by atoms with Crippen molar-refractivity contribution in [2.24, 2.45) is 0 Å². The molecule has 118 valence electrons. The van der Waals surface area contributed by atoms with E-state index in [0.29, 0.717) is 0 Å². The van der Waals surface area contributed by atoms with Crippen molar-refractivity contribution in [3.8, 4) is 0 Å². The largest absolute Gasteiger partial charge is 0.324 e. The quantitative estimate of drug-likeness (QED) is 0.893. The second-order valence-corrected chi connectivity index (χ2v) is 5.80. The zero-order chi connectivity index (χ0) is 14.5. The van der Waals surface area contributed by atoms with E-state index in [4.69, 9.17) is 0 Å². The number of nitrogens with one attached hydrogen (secondary N) is 1. The maximum Gasteiger partial charge on any atom is 0.241 e. The van der Waals surface area contributed by atoms with Crippen molar-refractivity contribution in [3.63, 3.8) is 0 Å². The molecule has 1 fully saturated rings. The lowest BCUT2D eigenvalue weighted by Gasteiger charge is -2.24. The molecule has 21 heavy (non-hydrogen) atoms. The van der Waals surface area contributed by atoms with Gasteiger partial charge in [-0.2, -0.15) is 0 Å². The number of amides is 1. The fourth-order valence-electron chi connectivity index (χ4n) is 2.97. The maximum absolute atomic E-state index is 12.5. The molecule has 0 aliphatic carbocycles. The van der Waals surface area contributed by atoms with Gasteiger partial charge in [-0.25, -0.2) is 0 Å². The Kier molecular flexibility index (Phi) is 7.20. The fraction of sp³-hybridized carbons (Fsp3) is 0.588. The number of carbonyl (C=O) groups is 1. The molecule has 1 aliphatic heterocycles. The van der Waals surface area contributed by atoms with Crippen LogP contribution in [0.15, 0.2) is 18.2 Å². The number of halogens is 1. The van der Waals surface area contributed by atoms with Crippen molar-refractivity contribution >= 4 is 24.0 Å². The van der Waals surface area contributed by atoms with E-state index in [0.717, 1.165) is 42.7 Å². The number of likely N-dealkylation sites (tertiary alicyclic amines) is 1. The van der Waals surface area contributed by atoms with Crippen LogP contribution in [0.2, 0.25) is 0 Å². The van der Waals surface area contributed by atoms with Gasteiger partial charge in [0.2, 0.25) is 5.91 Å². The minimum atomic E-state index is 0. The first-order valence-electron chi connectivity index (χ1n) is 7.74. The lowest BCUT2D eigenvalue weighted by molar-refractivity contribution is -0.120. The van der Waals surface area contributed by atoms with Crippen molar-refractivity contribution < 1.29 is 4.79 Å². The van der Waals surface area contributed by atoms with Crippen LogP contribution in [0.3, 0.4) is 0 Å². The van der Waals surface area contributed by atoms with E-state index in [1.807, 2.05) is 32.0 Å². The van der Waals surface area contributed by atoms with Gasteiger partial charge in [-0.1, -0.05) is 31.5 Å². The number of hydrogen-bond acceptors (Lipinski definition) is 2. The molecule has 1 aromatic carbocycles. The summed E-state index contributed by atoms with van der Waals surface area (Å²) >= 11 is 0. The first kappa shape index (κ1) is 18.0. The summed E-state index contributed by atoms with van der Waals surface area (Å²) in [6, 6.07) is 6.18. The second-order valence-electron chi connectivity index (χ2n) is 5.80. The summed E-state index contributed by atoms with van der Waals surface area (Å²) in [5.41, 5.74) is 3.26. The van der Waals surface area contributed by atoms with Gasteiger partial charge in [0.15, 0.2) is 0 Å². The van der Waals surface area contributed by atoms with Crippen molar-refractivity contribution in [2.75, 3.05) is 18.4 Å². The Balaban J connectivity index is 0.00000220. The van der Waals surface area contributed by atoms with Gasteiger partial charge in [-0.15, -0.1) is 12.4 Å². The molecule has 0 bridgehead atoms. The minimum Gasteiger partial charge on any atom is -0.324 e. The molecule has 0 aromatic heterocycles. The summed E-state index contributed by atoms with van der Waals surface area (Å²) in [5, 5.41) is 3.15. The number of para-hydroxylation sites is 1. The van der Waals surface area contributed by atoms with Crippen LogP contribution in [-0.4, -0.2) is 29.9 Å². The Labute approximate surface area is 134 Å². The average Bonchev–Trinajstić information content (AvgIpc) is 2.89. The highest BCUT2D eigenvalue weighted by Crippen LogP contribution is 2.23. The van der Waals surface area contributed by atoms with E-state index >= 15 is 0 Å². The molecule has 1 heterocycles. The van der Waals surface area contributed by atoms with Crippen molar-refractivity contribution in [1.29, 1.82) is 0 Å². The zero-order valence-electron chi connectivity index (χ0n) is 13.3. The summed E-state index contributed by atoms with van der Waals surface area (Å²) in [7, 11) is 0. The second kappa shape index (κ2) is 8.40. The van der Waals surface area contributed by atoms with E-state index < -0.39 is 0 Å². The molecule has 0 saturated carbocycles. The summed E-state index contributed by atoms with van der Waals surface area (Å²) < 4.78 is 0. The highest BCUT2D eigenvalue weighted by Gasteiger charge is 2.30. The number of carbonyl (C=O) groups excluding carboxylic acids is 1. The molecule has 2 rings (SSSR count). The first-order valence-corrected chi connectivity index (χ1v) is 7.74. The Morgan fingerprint density at radius 1 is 1.33 bits per heavy atom. The van der Waals surface area contributed by atoms with Crippen LogP contribution >= 0.6 is 12.4 Å². The predicted octanol–water partition coefficient (Wildman–Crippen LogP) is 3.93. The Bertz CT molecular complexity index is 456. The SMILES string of the molecule is CCCCN1CCCC1C(=O)Nc1c(C)cccc1C.Cl. The number of hydrogen-bond donors (Lipinski definition) is 1. The number of benzene rings is 1. The molecule has 0 spiro atoms. The van der Waals surface area contributed by atoms with E-state index in [-0.39, 0.29) is 24.4 Å². The van der Waals surface area contributed by atoms with Crippen LogP contribution in [0.25, 0.3) is 0 Å². The molecular formula is C17H27ClN2O. The predicted molar refractivity (Wildman–Crippen MR) is 91.3 cm³/mol. The maximum atomic E-state index is 12.5. The number of nitrogens with zero attached hydrogens (tertiary/aromatic N) is 1. The monoisotopic (exact) mass is 310 g/mol. The number of anilines is 1. The highest BCUT2D eigenvalue weighted by atomic mass is 35.5. The molecule has 1 unspecified atom stereocenters. The van der Waals surface area contributed by atoms with Gasteiger partial charge < -0.3 is 5.32 Å². The third-order valence-corrected chi connectivity index (χ3v) is 4.19. The van der Waals surface area contributed by atoms with Gasteiger partial charge in [-0.3, -0.25) is 9.69 Å². The average molecular weight is 311 g/mol. The lowest BCUT2D eigenvalue weighted by Crippen LogP contribution is -2.40. The molecule has 3 nitrogen and oxygen atoms in total. The number of rotatable bonds is 5. The lowest BCUT2D eigenvalue weighted by atomic mass is 10.1. The normalized spacial score (nSPS) is 18.3. The summed E-state index contributed by atoms with van der Waals surface area (Å²) in [5.74, 6) is 0.163. The third-order valence-electron chi connectivity index (χ3n) is 4.19. The highest BCUT2D eigenvalue weighted by molar-refractivity contribution is 5.96. The molecule has 1 amide bonds. The van der Waals surface area contributed by atoms with Crippen LogP contribution in [0, 0.1) is 13.8 Å². The topological polar surface area (TPSA) is 32.3 Å². The van der Waals surface area contributed by atoms with E-state index in [9.17, 15) is 4.79 Å². The molecule has 1 aromatic rings. The molecular weight excluding hydrogens is 284 g/mol. The van der Waals surface area contributed by atoms with E-state index in [1.165, 1.54) is 12.8 Å². The smallest absolute Gasteiger partial charge is 0.241 e. The van der Waals surface area contributed by atoms with Gasteiger partial charge in [0.05, 0.1) is 6.04 Å². The summed E-state index contributed by atoms with van der Waals surface area (Å²) in [6.07, 6.45) is 4.48.